The second-order valence-electron chi connectivity index (χ2n) is 4.05. The fraction of sp³-hybridized carbons (Fsp3) is 0. The molecule has 2 rings (SSSR count). The van der Waals surface area contributed by atoms with Crippen LogP contribution in [0.3, 0.4) is 0 Å². The summed E-state index contributed by atoms with van der Waals surface area (Å²) in [5.41, 5.74) is 0.317. The molecule has 0 aliphatic carbocycles. The third kappa shape index (κ3) is 4.34. The predicted molar refractivity (Wildman–Crippen MR) is 77.8 cm³/mol. The smallest absolute Gasteiger partial charge is 0.269 e. The number of pyridine rings is 2. The van der Waals surface area contributed by atoms with E-state index < -0.39 is 21.7 Å². The highest BCUT2D eigenvalue weighted by Gasteiger charge is 2.17. The maximum absolute atomic E-state index is 12.9. The van der Waals surface area contributed by atoms with E-state index in [4.69, 9.17) is 11.6 Å². The van der Waals surface area contributed by atoms with Gasteiger partial charge < -0.3 is 0 Å². The van der Waals surface area contributed by atoms with Gasteiger partial charge in [-0.1, -0.05) is 11.6 Å². The second kappa shape index (κ2) is 6.63. The van der Waals surface area contributed by atoms with Crippen LogP contribution >= 0.6 is 11.6 Å². The summed E-state index contributed by atoms with van der Waals surface area (Å²) in [6.45, 7) is 0. The minimum absolute atomic E-state index is 0.267. The molecule has 0 unspecified atom stereocenters. The molecule has 0 aliphatic heterocycles. The number of carbonyl (C=O) groups is 1. The molecule has 2 aromatic heterocycles. The molecule has 22 heavy (non-hydrogen) atoms. The number of hydrogen-bond acceptors (Lipinski definition) is 5. The maximum Gasteiger partial charge on any atom is 0.281 e. The molecule has 114 valence electrons. The quantitative estimate of drug-likeness (QED) is 0.856. The fourth-order valence-corrected chi connectivity index (χ4v) is 2.42. The monoisotopic (exact) mass is 341 g/mol. The first-order valence-electron chi connectivity index (χ1n) is 5.84. The Morgan fingerprint density at radius 1 is 1.27 bits per heavy atom. The average Bonchev–Trinajstić information content (AvgIpc) is 2.45. The minimum atomic E-state index is -4.10. The van der Waals surface area contributed by atoms with E-state index in [1.807, 2.05) is 0 Å². The minimum Gasteiger partial charge on any atom is -0.269 e. The van der Waals surface area contributed by atoms with Gasteiger partial charge in [0.15, 0.2) is 5.03 Å². The summed E-state index contributed by atoms with van der Waals surface area (Å²) in [7, 11) is -4.10. The Morgan fingerprint density at radius 3 is 2.68 bits per heavy atom. The number of nitrogens with one attached hydrogen (secondary N) is 1. The molecule has 0 fully saturated rings. The molecule has 0 aromatic carbocycles. The number of nitrogens with zero attached hydrogens (tertiary/aromatic N) is 2. The summed E-state index contributed by atoms with van der Waals surface area (Å²) in [6.07, 6.45) is 5.66. The van der Waals surface area contributed by atoms with Crippen LogP contribution in [0.5, 0.6) is 0 Å². The Kier molecular flexibility index (Phi) is 4.84. The Balaban J connectivity index is 2.09. The molecule has 9 heteroatoms. The summed E-state index contributed by atoms with van der Waals surface area (Å²) >= 11 is 5.61. The molecule has 2 heterocycles. The number of carbonyl (C=O) groups excluding carboxylic acids is 1. The number of amides is 1. The molecule has 0 radical (unpaired) electrons. The van der Waals surface area contributed by atoms with Crippen LogP contribution in [0.15, 0.2) is 47.9 Å². The van der Waals surface area contributed by atoms with Crippen molar-refractivity contribution < 1.29 is 17.6 Å². The first-order chi connectivity index (χ1) is 10.4. The summed E-state index contributed by atoms with van der Waals surface area (Å²) in [6, 6.07) is 3.64. The van der Waals surface area contributed by atoms with Crippen molar-refractivity contribution >= 4 is 33.6 Å². The molecule has 1 N–H and O–H groups in total. The van der Waals surface area contributed by atoms with Crippen LogP contribution in [-0.4, -0.2) is 24.3 Å². The molecule has 1 amide bonds. The lowest BCUT2D eigenvalue weighted by molar-refractivity contribution is -0.114. The highest BCUT2D eigenvalue weighted by Crippen LogP contribution is 2.10. The molecule has 6 nitrogen and oxygen atoms in total. The lowest BCUT2D eigenvalue weighted by Crippen LogP contribution is -2.29. The van der Waals surface area contributed by atoms with Gasteiger partial charge in [-0.15, -0.1) is 0 Å². The van der Waals surface area contributed by atoms with Gasteiger partial charge in [-0.3, -0.25) is 9.78 Å². The standard InChI is InChI=1S/C13H9ClFN3O3S/c14-10-2-4-13(17-7-10)22(20,21)18-12(19)3-1-9-5-11(15)8-16-6-9/h1-8H,(H,18,19)/b3-1+. The number of halogens is 2. The Morgan fingerprint density at radius 2 is 2.05 bits per heavy atom. The van der Waals surface area contributed by atoms with Gasteiger partial charge in [0.25, 0.3) is 15.9 Å². The molecule has 0 aliphatic rings. The third-order valence-electron chi connectivity index (χ3n) is 2.36. The number of sulfonamides is 1. The SMILES string of the molecule is O=C(/C=C/c1cncc(F)c1)NS(=O)(=O)c1ccc(Cl)cn1. The first-order valence-corrected chi connectivity index (χ1v) is 7.70. The van der Waals surface area contributed by atoms with Gasteiger partial charge in [0.1, 0.15) is 5.82 Å². The van der Waals surface area contributed by atoms with Crippen molar-refractivity contribution in [2.75, 3.05) is 0 Å². The predicted octanol–water partition coefficient (Wildman–Crippen LogP) is 1.79. The van der Waals surface area contributed by atoms with E-state index in [0.29, 0.717) is 5.56 Å². The van der Waals surface area contributed by atoms with E-state index in [1.54, 1.807) is 4.72 Å². The molecule has 0 spiro atoms. The van der Waals surface area contributed by atoms with Gasteiger partial charge >= 0.3 is 0 Å². The average molecular weight is 342 g/mol. The van der Waals surface area contributed by atoms with E-state index in [0.717, 1.165) is 30.6 Å². The van der Waals surface area contributed by atoms with E-state index in [9.17, 15) is 17.6 Å². The maximum atomic E-state index is 12.9. The number of rotatable bonds is 4. The van der Waals surface area contributed by atoms with E-state index in [-0.39, 0.29) is 10.0 Å². The zero-order chi connectivity index (χ0) is 16.2. The Bertz CT molecular complexity index is 823. The normalized spacial score (nSPS) is 11.5. The molecule has 0 bridgehead atoms. The highest BCUT2D eigenvalue weighted by molar-refractivity contribution is 7.90. The van der Waals surface area contributed by atoms with Crippen LogP contribution in [0, 0.1) is 5.82 Å². The van der Waals surface area contributed by atoms with E-state index in [2.05, 4.69) is 9.97 Å². The molecule has 0 atom stereocenters. The van der Waals surface area contributed by atoms with Crippen LogP contribution in [-0.2, 0) is 14.8 Å². The van der Waals surface area contributed by atoms with Crippen LogP contribution in [0.1, 0.15) is 5.56 Å². The van der Waals surface area contributed by atoms with Crippen LogP contribution in [0.4, 0.5) is 4.39 Å². The summed E-state index contributed by atoms with van der Waals surface area (Å²) < 4.78 is 38.5. The van der Waals surface area contributed by atoms with Gasteiger partial charge in [-0.05, 0) is 29.8 Å². The lowest BCUT2D eigenvalue weighted by Gasteiger charge is -2.03. The highest BCUT2D eigenvalue weighted by atomic mass is 35.5. The van der Waals surface area contributed by atoms with Crippen molar-refractivity contribution in [3.63, 3.8) is 0 Å². The third-order valence-corrected chi connectivity index (χ3v) is 3.85. The van der Waals surface area contributed by atoms with Crippen LogP contribution in [0.25, 0.3) is 6.08 Å². The second-order valence-corrected chi connectivity index (χ2v) is 6.12. The zero-order valence-corrected chi connectivity index (χ0v) is 12.5. The van der Waals surface area contributed by atoms with Crippen molar-refractivity contribution in [2.24, 2.45) is 0 Å². The molecule has 0 saturated carbocycles. The Hall–Kier alpha value is -2.32. The van der Waals surface area contributed by atoms with Gasteiger partial charge in [-0.2, -0.15) is 8.42 Å². The van der Waals surface area contributed by atoms with Crippen molar-refractivity contribution in [1.29, 1.82) is 0 Å². The molecule has 0 saturated heterocycles. The fourth-order valence-electron chi connectivity index (χ4n) is 1.43. The van der Waals surface area contributed by atoms with E-state index >= 15 is 0 Å². The van der Waals surface area contributed by atoms with Gasteiger partial charge in [-0.25, -0.2) is 14.1 Å². The lowest BCUT2D eigenvalue weighted by atomic mass is 10.2. The topological polar surface area (TPSA) is 89.0 Å². The van der Waals surface area contributed by atoms with Crippen molar-refractivity contribution in [1.82, 2.24) is 14.7 Å². The molecular weight excluding hydrogens is 333 g/mol. The van der Waals surface area contributed by atoms with Crippen LogP contribution in [0.2, 0.25) is 5.02 Å². The van der Waals surface area contributed by atoms with Crippen molar-refractivity contribution in [2.45, 2.75) is 5.03 Å². The van der Waals surface area contributed by atoms with Crippen molar-refractivity contribution in [3.05, 3.63) is 59.3 Å². The summed E-state index contributed by atoms with van der Waals surface area (Å²) in [5.74, 6) is -1.47. The summed E-state index contributed by atoms with van der Waals surface area (Å²) in [4.78, 5) is 18.8. The van der Waals surface area contributed by atoms with Gasteiger partial charge in [0, 0.05) is 18.5 Å². The number of aromatic nitrogens is 2. The largest absolute Gasteiger partial charge is 0.281 e. The van der Waals surface area contributed by atoms with Gasteiger partial charge in [0.2, 0.25) is 0 Å². The molecule has 2 aromatic rings. The van der Waals surface area contributed by atoms with Gasteiger partial charge in [0.05, 0.1) is 11.2 Å². The zero-order valence-electron chi connectivity index (χ0n) is 10.9. The number of hydrogen-bond donors (Lipinski definition) is 1. The molecular formula is C13H9ClFN3O3S. The summed E-state index contributed by atoms with van der Waals surface area (Å²) in [5, 5.41) is -0.0742. The van der Waals surface area contributed by atoms with Crippen molar-refractivity contribution in [3.8, 4) is 0 Å². The first kappa shape index (κ1) is 16.1. The van der Waals surface area contributed by atoms with Crippen LogP contribution < -0.4 is 4.72 Å². The Labute approximate surface area is 130 Å². The van der Waals surface area contributed by atoms with E-state index in [1.165, 1.54) is 18.3 Å².